The van der Waals surface area contributed by atoms with Crippen molar-refractivity contribution in [1.29, 1.82) is 0 Å². The Labute approximate surface area is 120 Å². The molecule has 2 N–H and O–H groups in total. The van der Waals surface area contributed by atoms with Gasteiger partial charge in [0.05, 0.1) is 12.0 Å². The third-order valence-electron chi connectivity index (χ3n) is 2.52. The second-order valence-corrected chi connectivity index (χ2v) is 6.28. The van der Waals surface area contributed by atoms with Gasteiger partial charge in [-0.15, -0.1) is 10.2 Å². The molecular formula is C11H13N3O4S2. The van der Waals surface area contributed by atoms with E-state index >= 15 is 0 Å². The number of hydrogen-bond donors (Lipinski definition) is 2. The molecule has 0 aliphatic carbocycles. The first-order valence-electron chi connectivity index (χ1n) is 5.63. The molecule has 0 spiro atoms. The van der Waals surface area contributed by atoms with Gasteiger partial charge in [0.25, 0.3) is 10.0 Å². The van der Waals surface area contributed by atoms with E-state index < -0.39 is 10.0 Å². The van der Waals surface area contributed by atoms with Crippen LogP contribution in [0.3, 0.4) is 0 Å². The molecule has 9 heteroatoms. The van der Waals surface area contributed by atoms with Crippen molar-refractivity contribution >= 4 is 26.5 Å². The quantitative estimate of drug-likeness (QED) is 0.820. The van der Waals surface area contributed by atoms with Crippen LogP contribution in [0.5, 0.6) is 5.75 Å². The zero-order chi connectivity index (χ0) is 14.6. The number of anilines is 1. The van der Waals surface area contributed by atoms with Crippen molar-refractivity contribution in [2.24, 2.45) is 0 Å². The smallest absolute Gasteiger partial charge is 0.263 e. The molecule has 1 heterocycles. The molecule has 0 saturated carbocycles. The van der Waals surface area contributed by atoms with Gasteiger partial charge in [-0.25, -0.2) is 8.42 Å². The first-order valence-corrected chi connectivity index (χ1v) is 8.00. The highest BCUT2D eigenvalue weighted by molar-refractivity contribution is 7.93. The molecule has 0 saturated heterocycles. The van der Waals surface area contributed by atoms with E-state index in [1.165, 1.54) is 18.7 Å². The largest absolute Gasteiger partial charge is 0.497 e. The Kier molecular flexibility index (Phi) is 4.53. The summed E-state index contributed by atoms with van der Waals surface area (Å²) < 4.78 is 32.0. The molecule has 0 fully saturated rings. The number of nitrogens with one attached hydrogen (secondary N) is 1. The van der Waals surface area contributed by atoms with Crippen LogP contribution < -0.4 is 9.46 Å². The number of benzene rings is 1. The Hall–Kier alpha value is -1.71. The minimum Gasteiger partial charge on any atom is -0.497 e. The van der Waals surface area contributed by atoms with Gasteiger partial charge in [-0.1, -0.05) is 11.3 Å². The number of aliphatic hydroxyl groups is 1. The molecule has 0 aliphatic heterocycles. The summed E-state index contributed by atoms with van der Waals surface area (Å²) in [6, 6.07) is 4.58. The summed E-state index contributed by atoms with van der Waals surface area (Å²) in [6.45, 7) is -0.158. The summed E-state index contributed by atoms with van der Waals surface area (Å²) >= 11 is 1.08. The van der Waals surface area contributed by atoms with Crippen LogP contribution in [0, 0.1) is 0 Å². The highest BCUT2D eigenvalue weighted by Crippen LogP contribution is 2.24. The van der Waals surface area contributed by atoms with Gasteiger partial charge in [-0.2, -0.15) is 0 Å². The second-order valence-electron chi connectivity index (χ2n) is 3.80. The molecule has 0 unspecified atom stereocenters. The molecular weight excluding hydrogens is 302 g/mol. The van der Waals surface area contributed by atoms with Gasteiger partial charge in [0, 0.05) is 6.61 Å². The Balaban J connectivity index is 2.39. The number of aliphatic hydroxyl groups excluding tert-OH is 1. The summed E-state index contributed by atoms with van der Waals surface area (Å²) in [5.74, 6) is 0.531. The maximum atomic E-state index is 12.3. The number of nitrogens with zero attached hydrogens (tertiary/aromatic N) is 2. The van der Waals surface area contributed by atoms with Crippen LogP contribution in [-0.2, 0) is 16.4 Å². The lowest BCUT2D eigenvalue weighted by Crippen LogP contribution is -2.15. The zero-order valence-electron chi connectivity index (χ0n) is 10.6. The van der Waals surface area contributed by atoms with Gasteiger partial charge < -0.3 is 9.84 Å². The van der Waals surface area contributed by atoms with Crippen LogP contribution in [-0.4, -0.2) is 37.4 Å². The van der Waals surface area contributed by atoms with Crippen molar-refractivity contribution in [3.8, 4) is 5.75 Å². The number of sulfonamides is 1. The third-order valence-corrected chi connectivity index (χ3v) is 4.70. The van der Waals surface area contributed by atoms with Gasteiger partial charge >= 0.3 is 0 Å². The molecule has 7 nitrogen and oxygen atoms in total. The Morgan fingerprint density at radius 2 is 2.25 bits per heavy atom. The van der Waals surface area contributed by atoms with E-state index in [-0.39, 0.29) is 23.1 Å². The van der Waals surface area contributed by atoms with E-state index in [9.17, 15) is 8.42 Å². The Morgan fingerprint density at radius 3 is 2.85 bits per heavy atom. The summed E-state index contributed by atoms with van der Waals surface area (Å²) in [7, 11) is -2.28. The van der Waals surface area contributed by atoms with Crippen molar-refractivity contribution in [3.63, 3.8) is 0 Å². The molecule has 0 radical (unpaired) electrons. The average molecular weight is 315 g/mol. The lowest BCUT2D eigenvalue weighted by Gasteiger charge is -2.11. The number of methoxy groups -OCH3 is 1. The van der Waals surface area contributed by atoms with Gasteiger partial charge in [0.2, 0.25) is 5.13 Å². The average Bonchev–Trinajstić information content (AvgIpc) is 2.91. The van der Waals surface area contributed by atoms with Gasteiger partial charge in [-0.3, -0.25) is 4.72 Å². The predicted octanol–water partition coefficient (Wildman–Crippen LogP) is 0.882. The minimum atomic E-state index is -3.77. The van der Waals surface area contributed by atoms with Crippen LogP contribution in [0.1, 0.15) is 5.56 Å². The van der Waals surface area contributed by atoms with E-state index in [1.54, 1.807) is 12.1 Å². The molecule has 2 aromatic rings. The fourth-order valence-electron chi connectivity index (χ4n) is 1.65. The van der Waals surface area contributed by atoms with Crippen LogP contribution in [0.25, 0.3) is 0 Å². The second kappa shape index (κ2) is 6.16. The molecule has 0 amide bonds. The molecule has 0 aliphatic rings. The lowest BCUT2D eigenvalue weighted by atomic mass is 10.1. The van der Waals surface area contributed by atoms with E-state index in [1.807, 2.05) is 0 Å². The zero-order valence-corrected chi connectivity index (χ0v) is 12.2. The van der Waals surface area contributed by atoms with E-state index in [4.69, 9.17) is 9.84 Å². The predicted molar refractivity (Wildman–Crippen MR) is 74.5 cm³/mol. The van der Waals surface area contributed by atoms with Crippen molar-refractivity contribution in [2.75, 3.05) is 18.4 Å². The molecule has 0 bridgehead atoms. The standard InChI is InChI=1S/C11H13N3O4S2/c1-18-9-2-3-10(8(6-9)4-5-15)20(16,17)14-11-13-12-7-19-11/h2-3,6-7,15H,4-5H2,1H3,(H,13,14). The summed E-state index contributed by atoms with van der Waals surface area (Å²) in [5, 5.41) is 16.5. The molecule has 2 rings (SSSR count). The highest BCUT2D eigenvalue weighted by atomic mass is 32.2. The number of aromatic nitrogens is 2. The van der Waals surface area contributed by atoms with Crippen LogP contribution in [0.2, 0.25) is 0 Å². The maximum Gasteiger partial charge on any atom is 0.263 e. The maximum absolute atomic E-state index is 12.3. The summed E-state index contributed by atoms with van der Waals surface area (Å²) in [4.78, 5) is 0.0857. The number of ether oxygens (including phenoxy) is 1. The fourth-order valence-corrected chi connectivity index (χ4v) is 3.59. The van der Waals surface area contributed by atoms with Crippen LogP contribution in [0.15, 0.2) is 28.6 Å². The summed E-state index contributed by atoms with van der Waals surface area (Å²) in [5.41, 5.74) is 1.91. The number of hydrogen-bond acceptors (Lipinski definition) is 7. The SMILES string of the molecule is COc1ccc(S(=O)(=O)Nc2nncs2)c(CCO)c1. The van der Waals surface area contributed by atoms with Crippen molar-refractivity contribution in [2.45, 2.75) is 11.3 Å². The monoisotopic (exact) mass is 315 g/mol. The molecule has 1 aromatic carbocycles. The van der Waals surface area contributed by atoms with Crippen molar-refractivity contribution in [3.05, 3.63) is 29.3 Å². The van der Waals surface area contributed by atoms with E-state index in [0.29, 0.717) is 11.3 Å². The minimum absolute atomic E-state index is 0.0857. The normalized spacial score (nSPS) is 11.3. The van der Waals surface area contributed by atoms with Gasteiger partial charge in [0.15, 0.2) is 0 Å². The molecule has 1 aromatic heterocycles. The fraction of sp³-hybridized carbons (Fsp3) is 0.273. The van der Waals surface area contributed by atoms with E-state index in [2.05, 4.69) is 14.9 Å². The number of rotatable bonds is 6. The van der Waals surface area contributed by atoms with Crippen LogP contribution >= 0.6 is 11.3 Å². The topological polar surface area (TPSA) is 101 Å². The van der Waals surface area contributed by atoms with Gasteiger partial charge in [0.1, 0.15) is 11.3 Å². The summed E-state index contributed by atoms with van der Waals surface area (Å²) in [6.07, 6.45) is 0.212. The van der Waals surface area contributed by atoms with Gasteiger partial charge in [-0.05, 0) is 30.2 Å². The lowest BCUT2D eigenvalue weighted by molar-refractivity contribution is 0.298. The molecule has 20 heavy (non-hydrogen) atoms. The van der Waals surface area contributed by atoms with E-state index in [0.717, 1.165) is 11.3 Å². The highest BCUT2D eigenvalue weighted by Gasteiger charge is 2.20. The first-order chi connectivity index (χ1) is 9.56. The van der Waals surface area contributed by atoms with Crippen molar-refractivity contribution in [1.82, 2.24) is 10.2 Å². The third kappa shape index (κ3) is 3.24. The van der Waals surface area contributed by atoms with Crippen molar-refractivity contribution < 1.29 is 18.3 Å². The van der Waals surface area contributed by atoms with Crippen LogP contribution in [0.4, 0.5) is 5.13 Å². The Morgan fingerprint density at radius 1 is 1.45 bits per heavy atom. The molecule has 0 atom stereocenters. The molecule has 108 valence electrons. The Bertz CT molecular complexity index is 671. The first kappa shape index (κ1) is 14.7.